The van der Waals surface area contributed by atoms with Crippen LogP contribution in [0.3, 0.4) is 0 Å². The van der Waals surface area contributed by atoms with E-state index in [1.165, 1.54) is 18.9 Å². The summed E-state index contributed by atoms with van der Waals surface area (Å²) >= 11 is 2.79. The van der Waals surface area contributed by atoms with E-state index in [9.17, 15) is 9.59 Å². The number of thioether (sulfide) groups is 2. The number of rotatable bonds is 4. The molecule has 1 atom stereocenters. The fourth-order valence-corrected chi connectivity index (χ4v) is 4.34. The molecule has 120 valence electrons. The molecule has 7 heteroatoms. The van der Waals surface area contributed by atoms with Gasteiger partial charge in [0.05, 0.1) is 23.4 Å². The second-order valence-corrected chi connectivity index (χ2v) is 7.44. The first kappa shape index (κ1) is 16.1. The number of fused-ring (bicyclic) bond motifs is 1. The van der Waals surface area contributed by atoms with Crippen LogP contribution in [0.5, 0.6) is 0 Å². The molecule has 0 aliphatic carbocycles. The molecule has 1 aliphatic rings. The average Bonchev–Trinajstić information content (AvgIpc) is 3.03. The minimum atomic E-state index is -0.436. The predicted molar refractivity (Wildman–Crippen MR) is 91.6 cm³/mol. The molecule has 1 aliphatic heterocycles. The molecule has 1 aromatic carbocycles. The van der Waals surface area contributed by atoms with Crippen LogP contribution in [0.2, 0.25) is 0 Å². The molecule has 1 aromatic heterocycles. The third kappa shape index (κ3) is 3.16. The van der Waals surface area contributed by atoms with Crippen molar-refractivity contribution in [1.82, 2.24) is 9.55 Å². The topological polar surface area (TPSA) is 61.2 Å². The van der Waals surface area contributed by atoms with Gasteiger partial charge < -0.3 is 4.74 Å². The van der Waals surface area contributed by atoms with Crippen molar-refractivity contribution in [2.45, 2.75) is 28.6 Å². The third-order valence-corrected chi connectivity index (χ3v) is 5.63. The zero-order valence-electron chi connectivity index (χ0n) is 12.8. The Balaban J connectivity index is 2.12. The number of carbonyl (C=O) groups excluding carboxylic acids is 1. The van der Waals surface area contributed by atoms with Gasteiger partial charge in [-0.15, -0.1) is 11.8 Å². The highest BCUT2D eigenvalue weighted by Crippen LogP contribution is 2.31. The largest absolute Gasteiger partial charge is 0.468 e. The minimum absolute atomic E-state index is 0.0664. The summed E-state index contributed by atoms with van der Waals surface area (Å²) in [6.45, 7) is 1.75. The zero-order chi connectivity index (χ0) is 16.4. The molecule has 5 nitrogen and oxygen atoms in total. The van der Waals surface area contributed by atoms with Gasteiger partial charge in [0.1, 0.15) is 5.25 Å². The van der Waals surface area contributed by atoms with Gasteiger partial charge in [0.2, 0.25) is 0 Å². The minimum Gasteiger partial charge on any atom is -0.468 e. The van der Waals surface area contributed by atoms with Crippen LogP contribution in [0.4, 0.5) is 0 Å². The van der Waals surface area contributed by atoms with Gasteiger partial charge >= 0.3 is 5.97 Å². The van der Waals surface area contributed by atoms with Crippen LogP contribution in [-0.2, 0) is 16.0 Å². The van der Waals surface area contributed by atoms with Crippen LogP contribution in [0.1, 0.15) is 12.6 Å². The lowest BCUT2D eigenvalue weighted by molar-refractivity contribution is -0.139. The maximum Gasteiger partial charge on any atom is 0.318 e. The van der Waals surface area contributed by atoms with E-state index in [0.29, 0.717) is 10.1 Å². The van der Waals surface area contributed by atoms with Crippen molar-refractivity contribution < 1.29 is 9.53 Å². The van der Waals surface area contributed by atoms with Gasteiger partial charge in [0, 0.05) is 12.2 Å². The number of para-hydroxylation sites is 1. The van der Waals surface area contributed by atoms with E-state index in [1.54, 1.807) is 23.3 Å². The molecule has 0 spiro atoms. The Kier molecular flexibility index (Phi) is 4.77. The Morgan fingerprint density at radius 3 is 2.83 bits per heavy atom. The maximum absolute atomic E-state index is 12.9. The van der Waals surface area contributed by atoms with Gasteiger partial charge in [-0.1, -0.05) is 30.0 Å². The quantitative estimate of drug-likeness (QED) is 0.481. The molecular formula is C16H16N2O3S2. The summed E-state index contributed by atoms with van der Waals surface area (Å²) in [4.78, 5) is 30.0. The monoisotopic (exact) mass is 348 g/mol. The van der Waals surface area contributed by atoms with Gasteiger partial charge in [0.15, 0.2) is 5.16 Å². The van der Waals surface area contributed by atoms with Crippen LogP contribution in [0, 0.1) is 0 Å². The van der Waals surface area contributed by atoms with Crippen molar-refractivity contribution in [1.29, 1.82) is 0 Å². The lowest BCUT2D eigenvalue weighted by Crippen LogP contribution is -2.25. The van der Waals surface area contributed by atoms with Gasteiger partial charge in [-0.05, 0) is 19.1 Å². The first-order valence-corrected chi connectivity index (χ1v) is 9.07. The van der Waals surface area contributed by atoms with E-state index in [0.717, 1.165) is 23.6 Å². The standard InChI is InChI=1S/C16H16N2O3S2/c1-10(15(20)21-2)23-16-17-12-8-9-22-13(12)14(19)18(16)11-6-4-3-5-7-11/h3-7,10H,8-9H2,1-2H3/t10-/m0/s1. The Hall–Kier alpha value is -1.73. The summed E-state index contributed by atoms with van der Waals surface area (Å²) in [6.07, 6.45) is 0.783. The number of esters is 1. The number of nitrogens with zero attached hydrogens (tertiary/aromatic N) is 2. The van der Waals surface area contributed by atoms with E-state index in [-0.39, 0.29) is 11.5 Å². The second-order valence-electron chi connectivity index (χ2n) is 5.03. The molecule has 3 rings (SSSR count). The summed E-state index contributed by atoms with van der Waals surface area (Å²) in [5.41, 5.74) is 1.51. The normalized spacial score (nSPS) is 14.3. The zero-order valence-corrected chi connectivity index (χ0v) is 14.4. The first-order chi connectivity index (χ1) is 11.1. The number of hydrogen-bond acceptors (Lipinski definition) is 6. The van der Waals surface area contributed by atoms with Crippen molar-refractivity contribution in [3.63, 3.8) is 0 Å². The highest BCUT2D eigenvalue weighted by molar-refractivity contribution is 8.00. The lowest BCUT2D eigenvalue weighted by Gasteiger charge is -2.15. The van der Waals surface area contributed by atoms with Crippen molar-refractivity contribution >= 4 is 29.5 Å². The summed E-state index contributed by atoms with van der Waals surface area (Å²) in [5.74, 6) is 0.534. The number of aryl methyl sites for hydroxylation is 1. The number of carbonyl (C=O) groups is 1. The fourth-order valence-electron chi connectivity index (χ4n) is 2.35. The third-order valence-electron chi connectivity index (χ3n) is 3.50. The highest BCUT2D eigenvalue weighted by atomic mass is 32.2. The van der Waals surface area contributed by atoms with Crippen LogP contribution >= 0.6 is 23.5 Å². The van der Waals surface area contributed by atoms with Gasteiger partial charge in [-0.3, -0.25) is 14.2 Å². The van der Waals surface area contributed by atoms with E-state index < -0.39 is 5.25 Å². The Bertz CT molecular complexity index is 790. The highest BCUT2D eigenvalue weighted by Gasteiger charge is 2.25. The Labute approximate surface area is 142 Å². The van der Waals surface area contributed by atoms with E-state index in [2.05, 4.69) is 4.98 Å². The first-order valence-electron chi connectivity index (χ1n) is 7.20. The molecule has 0 amide bonds. The number of methoxy groups -OCH3 is 1. The molecule has 0 N–H and O–H groups in total. The summed E-state index contributed by atoms with van der Waals surface area (Å²) in [5, 5.41) is 0.0920. The Morgan fingerprint density at radius 1 is 1.39 bits per heavy atom. The van der Waals surface area contributed by atoms with E-state index in [1.807, 2.05) is 30.3 Å². The van der Waals surface area contributed by atoms with Crippen LogP contribution in [-0.4, -0.2) is 33.6 Å². The fraction of sp³-hybridized carbons (Fsp3) is 0.312. The Morgan fingerprint density at radius 2 is 2.13 bits per heavy atom. The van der Waals surface area contributed by atoms with Gasteiger partial charge in [-0.25, -0.2) is 4.98 Å². The second kappa shape index (κ2) is 6.80. The summed E-state index contributed by atoms with van der Waals surface area (Å²) < 4.78 is 6.36. The van der Waals surface area contributed by atoms with E-state index in [4.69, 9.17) is 4.74 Å². The van der Waals surface area contributed by atoms with Crippen molar-refractivity contribution in [2.75, 3.05) is 12.9 Å². The summed E-state index contributed by atoms with van der Waals surface area (Å²) in [7, 11) is 1.36. The van der Waals surface area contributed by atoms with Gasteiger partial charge in [0.25, 0.3) is 5.56 Å². The maximum atomic E-state index is 12.9. The molecule has 0 radical (unpaired) electrons. The van der Waals surface area contributed by atoms with Crippen molar-refractivity contribution in [3.05, 3.63) is 46.4 Å². The number of aromatic nitrogens is 2. The number of ether oxygens (including phenoxy) is 1. The van der Waals surface area contributed by atoms with Crippen LogP contribution < -0.4 is 5.56 Å². The smallest absolute Gasteiger partial charge is 0.318 e. The lowest BCUT2D eigenvalue weighted by atomic mass is 10.3. The number of hydrogen-bond donors (Lipinski definition) is 0. The molecule has 23 heavy (non-hydrogen) atoms. The summed E-state index contributed by atoms with van der Waals surface area (Å²) in [6, 6.07) is 9.37. The van der Waals surface area contributed by atoms with Crippen LogP contribution in [0.15, 0.2) is 45.2 Å². The molecule has 2 heterocycles. The molecule has 0 saturated heterocycles. The molecule has 0 bridgehead atoms. The molecule has 0 unspecified atom stereocenters. The molecular weight excluding hydrogens is 332 g/mol. The van der Waals surface area contributed by atoms with Crippen LogP contribution in [0.25, 0.3) is 5.69 Å². The molecule has 0 fully saturated rings. The molecule has 0 saturated carbocycles. The SMILES string of the molecule is COC(=O)[C@H](C)Sc1nc2c(c(=O)n1-c1ccccc1)SCC2. The number of benzene rings is 1. The van der Waals surface area contributed by atoms with Gasteiger partial charge in [-0.2, -0.15) is 0 Å². The van der Waals surface area contributed by atoms with E-state index >= 15 is 0 Å². The van der Waals surface area contributed by atoms with Crippen molar-refractivity contribution in [3.8, 4) is 5.69 Å². The predicted octanol–water partition coefficient (Wildman–Crippen LogP) is 2.53. The average molecular weight is 348 g/mol. The molecule has 2 aromatic rings. The van der Waals surface area contributed by atoms with Crippen molar-refractivity contribution in [2.24, 2.45) is 0 Å².